The SMILES string of the molecule is O=C(Nc1nc2ccccc2s1)c1ccc(OCc2ccccc2Cl)cc1. The maximum atomic E-state index is 12.4. The van der Waals surface area contributed by atoms with Gasteiger partial charge in [0.1, 0.15) is 12.4 Å². The van der Waals surface area contributed by atoms with Crippen LogP contribution in [0.1, 0.15) is 15.9 Å². The van der Waals surface area contributed by atoms with Crippen LogP contribution in [0, 0.1) is 0 Å². The third-order valence-corrected chi connectivity index (χ3v) is 5.30. The zero-order valence-corrected chi connectivity index (χ0v) is 15.8. The molecule has 0 aliphatic rings. The highest BCUT2D eigenvalue weighted by molar-refractivity contribution is 7.22. The molecule has 0 aliphatic heterocycles. The molecule has 4 aromatic rings. The van der Waals surface area contributed by atoms with Crippen molar-refractivity contribution in [1.82, 2.24) is 4.98 Å². The van der Waals surface area contributed by atoms with Gasteiger partial charge in [-0.1, -0.05) is 53.3 Å². The Morgan fingerprint density at radius 1 is 1.00 bits per heavy atom. The molecular weight excluding hydrogens is 380 g/mol. The summed E-state index contributed by atoms with van der Waals surface area (Å²) in [6.07, 6.45) is 0. The number of nitrogens with zero attached hydrogens (tertiary/aromatic N) is 1. The Morgan fingerprint density at radius 2 is 1.74 bits per heavy atom. The first kappa shape index (κ1) is 17.5. The van der Waals surface area contributed by atoms with Crippen LogP contribution in [-0.4, -0.2) is 10.9 Å². The van der Waals surface area contributed by atoms with Gasteiger partial charge >= 0.3 is 0 Å². The second kappa shape index (κ2) is 7.78. The molecule has 0 aliphatic carbocycles. The molecule has 0 radical (unpaired) electrons. The molecular formula is C21H15ClN2O2S. The van der Waals surface area contributed by atoms with Crippen LogP contribution < -0.4 is 10.1 Å². The van der Waals surface area contributed by atoms with Crippen molar-refractivity contribution in [3.05, 3.63) is 88.9 Å². The molecule has 0 fully saturated rings. The average molecular weight is 395 g/mol. The fourth-order valence-corrected chi connectivity index (χ4v) is 3.63. The van der Waals surface area contributed by atoms with E-state index in [9.17, 15) is 4.79 Å². The lowest BCUT2D eigenvalue weighted by atomic mass is 10.2. The summed E-state index contributed by atoms with van der Waals surface area (Å²) in [5.41, 5.74) is 2.33. The topological polar surface area (TPSA) is 51.2 Å². The van der Waals surface area contributed by atoms with E-state index in [1.54, 1.807) is 24.3 Å². The first-order chi connectivity index (χ1) is 13.2. The molecule has 4 rings (SSSR count). The van der Waals surface area contributed by atoms with Gasteiger partial charge in [-0.15, -0.1) is 0 Å². The Bertz CT molecular complexity index is 1060. The summed E-state index contributed by atoms with van der Waals surface area (Å²) in [7, 11) is 0. The Balaban J connectivity index is 1.40. The molecule has 0 saturated heterocycles. The highest BCUT2D eigenvalue weighted by atomic mass is 35.5. The third-order valence-electron chi connectivity index (χ3n) is 3.98. The van der Waals surface area contributed by atoms with Crippen molar-refractivity contribution < 1.29 is 9.53 Å². The number of anilines is 1. The maximum Gasteiger partial charge on any atom is 0.257 e. The van der Waals surface area contributed by atoms with E-state index < -0.39 is 0 Å². The number of amides is 1. The third kappa shape index (κ3) is 4.10. The van der Waals surface area contributed by atoms with Crippen molar-refractivity contribution >= 4 is 44.2 Å². The zero-order valence-electron chi connectivity index (χ0n) is 14.2. The van der Waals surface area contributed by atoms with Crippen molar-refractivity contribution in [3.63, 3.8) is 0 Å². The van der Waals surface area contributed by atoms with Gasteiger partial charge in [0.25, 0.3) is 5.91 Å². The minimum atomic E-state index is -0.202. The van der Waals surface area contributed by atoms with Crippen molar-refractivity contribution in [3.8, 4) is 5.75 Å². The molecule has 1 amide bonds. The number of ether oxygens (including phenoxy) is 1. The number of nitrogens with one attached hydrogen (secondary N) is 1. The summed E-state index contributed by atoms with van der Waals surface area (Å²) in [5.74, 6) is 0.471. The van der Waals surface area contributed by atoms with Crippen LogP contribution in [-0.2, 0) is 6.61 Å². The number of hydrogen-bond donors (Lipinski definition) is 1. The molecule has 27 heavy (non-hydrogen) atoms. The van der Waals surface area contributed by atoms with Gasteiger partial charge in [-0.2, -0.15) is 0 Å². The number of carbonyl (C=O) groups is 1. The van der Waals surface area contributed by atoms with E-state index in [4.69, 9.17) is 16.3 Å². The van der Waals surface area contributed by atoms with E-state index in [0.29, 0.717) is 28.1 Å². The van der Waals surface area contributed by atoms with Crippen LogP contribution in [0.25, 0.3) is 10.2 Å². The zero-order chi connectivity index (χ0) is 18.6. The van der Waals surface area contributed by atoms with Crippen LogP contribution in [0.15, 0.2) is 72.8 Å². The minimum absolute atomic E-state index is 0.202. The molecule has 1 aromatic heterocycles. The fourth-order valence-electron chi connectivity index (χ4n) is 2.57. The Labute approximate surface area is 165 Å². The van der Waals surface area contributed by atoms with Gasteiger partial charge in [0.05, 0.1) is 10.2 Å². The molecule has 134 valence electrons. The van der Waals surface area contributed by atoms with Crippen LogP contribution in [0.2, 0.25) is 5.02 Å². The quantitative estimate of drug-likeness (QED) is 0.466. The summed E-state index contributed by atoms with van der Waals surface area (Å²) in [6.45, 7) is 0.372. The fraction of sp³-hybridized carbons (Fsp3) is 0.0476. The first-order valence-electron chi connectivity index (χ1n) is 8.32. The molecule has 0 bridgehead atoms. The van der Waals surface area contributed by atoms with E-state index in [0.717, 1.165) is 15.8 Å². The smallest absolute Gasteiger partial charge is 0.257 e. The first-order valence-corrected chi connectivity index (χ1v) is 9.52. The highest BCUT2D eigenvalue weighted by Crippen LogP contribution is 2.26. The number of fused-ring (bicyclic) bond motifs is 1. The monoisotopic (exact) mass is 394 g/mol. The number of hydrogen-bond acceptors (Lipinski definition) is 4. The van der Waals surface area contributed by atoms with E-state index in [-0.39, 0.29) is 5.91 Å². The number of rotatable bonds is 5. The molecule has 0 saturated carbocycles. The number of para-hydroxylation sites is 1. The lowest BCUT2D eigenvalue weighted by Gasteiger charge is -2.08. The molecule has 3 aromatic carbocycles. The number of thiazole rings is 1. The van der Waals surface area contributed by atoms with Crippen LogP contribution in [0.5, 0.6) is 5.75 Å². The average Bonchev–Trinajstić information content (AvgIpc) is 3.10. The predicted molar refractivity (Wildman–Crippen MR) is 110 cm³/mol. The minimum Gasteiger partial charge on any atom is -0.489 e. The molecule has 6 heteroatoms. The molecule has 1 heterocycles. The number of halogens is 1. The summed E-state index contributed by atoms with van der Waals surface area (Å²) < 4.78 is 6.78. The van der Waals surface area contributed by atoms with Crippen molar-refractivity contribution in [1.29, 1.82) is 0 Å². The lowest BCUT2D eigenvalue weighted by molar-refractivity contribution is 0.102. The summed E-state index contributed by atoms with van der Waals surface area (Å²) in [6, 6.07) is 22.3. The summed E-state index contributed by atoms with van der Waals surface area (Å²) >= 11 is 7.58. The second-order valence-corrected chi connectivity index (χ2v) is 7.28. The van der Waals surface area contributed by atoms with Crippen molar-refractivity contribution in [2.75, 3.05) is 5.32 Å². The second-order valence-electron chi connectivity index (χ2n) is 5.85. The summed E-state index contributed by atoms with van der Waals surface area (Å²) in [5, 5.41) is 4.10. The van der Waals surface area contributed by atoms with Crippen molar-refractivity contribution in [2.45, 2.75) is 6.61 Å². The standard InChI is InChI=1S/C21H15ClN2O2S/c22-17-6-2-1-5-15(17)13-26-16-11-9-14(10-12-16)20(25)24-21-23-18-7-3-4-8-19(18)27-21/h1-12H,13H2,(H,23,24,25). The van der Waals surface area contributed by atoms with Crippen LogP contribution >= 0.6 is 22.9 Å². The van der Waals surface area contributed by atoms with Gasteiger partial charge in [0, 0.05) is 16.1 Å². The number of benzene rings is 3. The van der Waals surface area contributed by atoms with E-state index in [1.165, 1.54) is 11.3 Å². The Hall–Kier alpha value is -2.89. The Kier molecular flexibility index (Phi) is 5.05. The van der Waals surface area contributed by atoms with E-state index in [2.05, 4.69) is 10.3 Å². The molecule has 1 N–H and O–H groups in total. The predicted octanol–water partition coefficient (Wildman–Crippen LogP) is 5.78. The van der Waals surface area contributed by atoms with Crippen molar-refractivity contribution in [2.24, 2.45) is 0 Å². The van der Waals surface area contributed by atoms with Gasteiger partial charge in [-0.05, 0) is 42.5 Å². The molecule has 0 atom stereocenters. The maximum absolute atomic E-state index is 12.4. The Morgan fingerprint density at radius 3 is 2.52 bits per heavy atom. The molecule has 4 nitrogen and oxygen atoms in total. The molecule has 0 spiro atoms. The normalized spacial score (nSPS) is 10.7. The highest BCUT2D eigenvalue weighted by Gasteiger charge is 2.10. The summed E-state index contributed by atoms with van der Waals surface area (Å²) in [4.78, 5) is 16.8. The number of aromatic nitrogens is 1. The van der Waals surface area contributed by atoms with Gasteiger partial charge in [-0.3, -0.25) is 10.1 Å². The van der Waals surface area contributed by atoms with Gasteiger partial charge in [0.15, 0.2) is 5.13 Å². The van der Waals surface area contributed by atoms with E-state index in [1.807, 2.05) is 48.5 Å². The van der Waals surface area contributed by atoms with Gasteiger partial charge in [0.2, 0.25) is 0 Å². The lowest BCUT2D eigenvalue weighted by Crippen LogP contribution is -2.11. The number of carbonyl (C=O) groups excluding carboxylic acids is 1. The van der Waals surface area contributed by atoms with Gasteiger partial charge in [-0.25, -0.2) is 4.98 Å². The van der Waals surface area contributed by atoms with Crippen LogP contribution in [0.4, 0.5) is 5.13 Å². The van der Waals surface area contributed by atoms with Gasteiger partial charge < -0.3 is 4.74 Å². The molecule has 0 unspecified atom stereocenters. The largest absolute Gasteiger partial charge is 0.489 e. The van der Waals surface area contributed by atoms with E-state index >= 15 is 0 Å². The van der Waals surface area contributed by atoms with Crippen LogP contribution in [0.3, 0.4) is 0 Å².